The van der Waals surface area contributed by atoms with Crippen LogP contribution in [0.2, 0.25) is 0 Å². The maximum Gasteiger partial charge on any atom is 0.226 e. The third kappa shape index (κ3) is 3.58. The Morgan fingerprint density at radius 3 is 2.14 bits per heavy atom. The lowest BCUT2D eigenvalue weighted by Gasteiger charge is -2.35. The first kappa shape index (κ1) is 14.9. The van der Waals surface area contributed by atoms with Crippen LogP contribution in [0.4, 0.5) is 0 Å². The molecule has 1 heterocycles. The van der Waals surface area contributed by atoms with Crippen molar-refractivity contribution >= 4 is 11.8 Å². The fourth-order valence-electron chi connectivity index (χ4n) is 3.86. The zero-order valence-corrected chi connectivity index (χ0v) is 13.2. The van der Waals surface area contributed by atoms with Crippen molar-refractivity contribution in [3.63, 3.8) is 0 Å². The van der Waals surface area contributed by atoms with Gasteiger partial charge in [0.2, 0.25) is 11.8 Å². The van der Waals surface area contributed by atoms with E-state index in [1.54, 1.807) is 0 Å². The van der Waals surface area contributed by atoms with E-state index < -0.39 is 0 Å². The molecule has 0 aromatic rings. The van der Waals surface area contributed by atoms with Crippen molar-refractivity contribution in [3.05, 3.63) is 0 Å². The van der Waals surface area contributed by atoms with Crippen LogP contribution in [0.25, 0.3) is 0 Å². The number of carbonyl (C=O) groups excluding carboxylic acids is 2. The molecule has 3 rings (SSSR count). The molecule has 0 radical (unpaired) electrons. The molecule has 2 atom stereocenters. The van der Waals surface area contributed by atoms with Crippen LogP contribution in [-0.2, 0) is 9.59 Å². The summed E-state index contributed by atoms with van der Waals surface area (Å²) in [4.78, 5) is 28.4. The Bertz CT molecular complexity index is 396. The SMILES string of the molecule is CC1CC1C(=O)N1CCN(C(=O)CCC2CCCC2)CC1. The van der Waals surface area contributed by atoms with E-state index >= 15 is 0 Å². The second kappa shape index (κ2) is 6.37. The van der Waals surface area contributed by atoms with Gasteiger partial charge in [-0.1, -0.05) is 32.6 Å². The quantitative estimate of drug-likeness (QED) is 0.797. The van der Waals surface area contributed by atoms with Crippen LogP contribution in [0.5, 0.6) is 0 Å². The van der Waals surface area contributed by atoms with Crippen LogP contribution in [-0.4, -0.2) is 47.8 Å². The van der Waals surface area contributed by atoms with E-state index in [4.69, 9.17) is 0 Å². The Kier molecular flexibility index (Phi) is 4.51. The van der Waals surface area contributed by atoms with Gasteiger partial charge >= 0.3 is 0 Å². The van der Waals surface area contributed by atoms with Crippen molar-refractivity contribution in [3.8, 4) is 0 Å². The predicted molar refractivity (Wildman–Crippen MR) is 81.6 cm³/mol. The standard InChI is InChI=1S/C17H28N2O2/c1-13-12-15(13)17(21)19-10-8-18(9-11-19)16(20)7-6-14-4-2-3-5-14/h13-15H,2-12H2,1H3. The fraction of sp³-hybridized carbons (Fsp3) is 0.882. The average molecular weight is 292 g/mol. The Balaban J connectivity index is 1.38. The van der Waals surface area contributed by atoms with Gasteiger partial charge in [0.25, 0.3) is 0 Å². The van der Waals surface area contributed by atoms with Gasteiger partial charge in [-0.05, 0) is 24.7 Å². The first-order valence-corrected chi connectivity index (χ1v) is 8.71. The molecule has 4 nitrogen and oxygen atoms in total. The number of amides is 2. The smallest absolute Gasteiger partial charge is 0.226 e. The Hall–Kier alpha value is -1.06. The molecule has 2 unspecified atom stereocenters. The van der Waals surface area contributed by atoms with Crippen molar-refractivity contribution in [1.82, 2.24) is 9.80 Å². The number of nitrogens with zero attached hydrogens (tertiary/aromatic N) is 2. The van der Waals surface area contributed by atoms with Crippen molar-refractivity contribution in [2.75, 3.05) is 26.2 Å². The number of hydrogen-bond acceptors (Lipinski definition) is 2. The summed E-state index contributed by atoms with van der Waals surface area (Å²) < 4.78 is 0. The second-order valence-electron chi connectivity index (χ2n) is 7.21. The summed E-state index contributed by atoms with van der Waals surface area (Å²) in [6, 6.07) is 0. The molecular formula is C17H28N2O2. The third-order valence-corrected chi connectivity index (χ3v) is 5.61. The van der Waals surface area contributed by atoms with Crippen LogP contribution in [0.15, 0.2) is 0 Å². The summed E-state index contributed by atoms with van der Waals surface area (Å²) in [7, 11) is 0. The molecule has 1 saturated heterocycles. The zero-order valence-electron chi connectivity index (χ0n) is 13.2. The largest absolute Gasteiger partial charge is 0.339 e. The summed E-state index contributed by atoms with van der Waals surface area (Å²) in [5.41, 5.74) is 0. The number of piperazine rings is 1. The van der Waals surface area contributed by atoms with E-state index in [1.165, 1.54) is 25.7 Å². The Morgan fingerprint density at radius 1 is 1.00 bits per heavy atom. The van der Waals surface area contributed by atoms with Gasteiger partial charge in [0, 0.05) is 38.5 Å². The van der Waals surface area contributed by atoms with E-state index in [9.17, 15) is 9.59 Å². The average Bonchev–Trinajstić information content (AvgIpc) is 3.02. The van der Waals surface area contributed by atoms with E-state index in [-0.39, 0.29) is 5.92 Å². The van der Waals surface area contributed by atoms with E-state index in [0.717, 1.165) is 44.9 Å². The molecule has 3 fully saturated rings. The topological polar surface area (TPSA) is 40.6 Å². The summed E-state index contributed by atoms with van der Waals surface area (Å²) in [6.45, 7) is 5.08. The highest BCUT2D eigenvalue weighted by Gasteiger charge is 2.42. The number of rotatable bonds is 4. The van der Waals surface area contributed by atoms with Crippen molar-refractivity contribution in [1.29, 1.82) is 0 Å². The molecule has 0 aromatic carbocycles. The van der Waals surface area contributed by atoms with Gasteiger partial charge in [0.05, 0.1) is 0 Å². The molecule has 0 aromatic heterocycles. The van der Waals surface area contributed by atoms with Gasteiger partial charge < -0.3 is 9.80 Å². The molecule has 1 aliphatic heterocycles. The van der Waals surface area contributed by atoms with Gasteiger partial charge in [-0.15, -0.1) is 0 Å². The van der Waals surface area contributed by atoms with E-state index in [1.807, 2.05) is 9.80 Å². The minimum Gasteiger partial charge on any atom is -0.339 e. The lowest BCUT2D eigenvalue weighted by molar-refractivity contribution is -0.140. The first-order valence-electron chi connectivity index (χ1n) is 8.71. The molecule has 3 aliphatic rings. The van der Waals surface area contributed by atoms with E-state index in [2.05, 4.69) is 6.92 Å². The lowest BCUT2D eigenvalue weighted by atomic mass is 10.0. The molecule has 0 bridgehead atoms. The van der Waals surface area contributed by atoms with Crippen molar-refractivity contribution in [2.45, 2.75) is 51.9 Å². The van der Waals surface area contributed by atoms with Crippen LogP contribution < -0.4 is 0 Å². The molecule has 0 N–H and O–H groups in total. The van der Waals surface area contributed by atoms with Gasteiger partial charge in [0.1, 0.15) is 0 Å². The molecule has 118 valence electrons. The summed E-state index contributed by atoms with van der Waals surface area (Å²) in [6.07, 6.45) is 8.15. The van der Waals surface area contributed by atoms with Crippen LogP contribution in [0, 0.1) is 17.8 Å². The van der Waals surface area contributed by atoms with Gasteiger partial charge in [-0.2, -0.15) is 0 Å². The van der Waals surface area contributed by atoms with Gasteiger partial charge in [-0.25, -0.2) is 0 Å². The highest BCUT2D eigenvalue weighted by Crippen LogP contribution is 2.39. The predicted octanol–water partition coefficient (Wildman–Crippen LogP) is 2.28. The maximum atomic E-state index is 12.3. The fourth-order valence-corrected chi connectivity index (χ4v) is 3.86. The molecular weight excluding hydrogens is 264 g/mol. The van der Waals surface area contributed by atoms with Crippen LogP contribution >= 0.6 is 0 Å². The normalized spacial score (nSPS) is 29.8. The van der Waals surface area contributed by atoms with Crippen molar-refractivity contribution in [2.24, 2.45) is 17.8 Å². The van der Waals surface area contributed by atoms with Crippen LogP contribution in [0.1, 0.15) is 51.9 Å². The Morgan fingerprint density at radius 2 is 1.57 bits per heavy atom. The van der Waals surface area contributed by atoms with Gasteiger partial charge in [-0.3, -0.25) is 9.59 Å². The first-order chi connectivity index (χ1) is 10.1. The highest BCUT2D eigenvalue weighted by atomic mass is 16.2. The molecule has 2 saturated carbocycles. The van der Waals surface area contributed by atoms with Crippen LogP contribution in [0.3, 0.4) is 0 Å². The molecule has 21 heavy (non-hydrogen) atoms. The van der Waals surface area contributed by atoms with Gasteiger partial charge in [0.15, 0.2) is 0 Å². The second-order valence-corrected chi connectivity index (χ2v) is 7.21. The summed E-state index contributed by atoms with van der Waals surface area (Å²) >= 11 is 0. The third-order valence-electron chi connectivity index (χ3n) is 5.61. The van der Waals surface area contributed by atoms with Crippen molar-refractivity contribution < 1.29 is 9.59 Å². The zero-order chi connectivity index (χ0) is 14.8. The summed E-state index contributed by atoms with van der Waals surface area (Å²) in [5.74, 6) is 2.25. The lowest BCUT2D eigenvalue weighted by Crippen LogP contribution is -2.51. The minimum atomic E-state index is 0.273. The Labute approximate surface area is 127 Å². The summed E-state index contributed by atoms with van der Waals surface area (Å²) in [5, 5.41) is 0. The molecule has 4 heteroatoms. The maximum absolute atomic E-state index is 12.3. The van der Waals surface area contributed by atoms with E-state index in [0.29, 0.717) is 24.2 Å². The monoisotopic (exact) mass is 292 g/mol. The minimum absolute atomic E-state index is 0.273. The number of hydrogen-bond donors (Lipinski definition) is 0. The number of carbonyl (C=O) groups is 2. The molecule has 0 spiro atoms. The molecule has 2 aliphatic carbocycles. The highest BCUT2D eigenvalue weighted by molar-refractivity contribution is 5.82. The molecule has 2 amide bonds.